The van der Waals surface area contributed by atoms with Crippen LogP contribution < -0.4 is 19.9 Å². The van der Waals surface area contributed by atoms with Crippen molar-refractivity contribution in [3.63, 3.8) is 0 Å². The fraction of sp³-hybridized carbons (Fsp3) is 0.409. The molecule has 3 aromatic rings. The van der Waals surface area contributed by atoms with Crippen LogP contribution in [0.15, 0.2) is 27.9 Å². The summed E-state index contributed by atoms with van der Waals surface area (Å²) in [4.78, 5) is 34.2. The zero-order valence-corrected chi connectivity index (χ0v) is 20.9. The number of aromatic amines is 1. The summed E-state index contributed by atoms with van der Waals surface area (Å²) < 4.78 is 43.6. The zero-order chi connectivity index (χ0) is 24.7. The molecule has 1 fully saturated rings. The van der Waals surface area contributed by atoms with Gasteiger partial charge >= 0.3 is 5.97 Å². The number of carbonyl (C=O) groups is 1. The summed E-state index contributed by atoms with van der Waals surface area (Å²) in [6.45, 7) is 4.75. The van der Waals surface area contributed by atoms with E-state index in [0.29, 0.717) is 83.9 Å². The lowest BCUT2D eigenvalue weighted by atomic mass is 10.2. The molecule has 11 nitrogen and oxygen atoms in total. The number of quaternary nitrogens is 1. The van der Waals surface area contributed by atoms with E-state index in [9.17, 15) is 18.0 Å². The Balaban J connectivity index is 1.28. The molecule has 0 bridgehead atoms. The van der Waals surface area contributed by atoms with E-state index in [-0.39, 0.29) is 10.5 Å². The molecule has 186 valence electrons. The number of H-pyrrole nitrogens is 1. The second-order valence-electron chi connectivity index (χ2n) is 8.38. The number of ether oxygens (including phenoxy) is 3. The molecular weight excluding hydrogens is 496 g/mol. The number of hydrogen-bond acceptors (Lipinski definition) is 9. The Morgan fingerprint density at radius 2 is 1.94 bits per heavy atom. The number of carbonyl (C=O) groups excluding carboxylic acids is 1. The predicted molar refractivity (Wildman–Crippen MR) is 127 cm³/mol. The van der Waals surface area contributed by atoms with Crippen LogP contribution in [0.4, 0.5) is 0 Å². The van der Waals surface area contributed by atoms with Gasteiger partial charge in [0.1, 0.15) is 29.5 Å². The van der Waals surface area contributed by atoms with Gasteiger partial charge in [0.05, 0.1) is 43.6 Å². The first-order valence-corrected chi connectivity index (χ1v) is 13.4. The molecule has 0 atom stereocenters. The fourth-order valence-electron chi connectivity index (χ4n) is 4.35. The Morgan fingerprint density at radius 3 is 2.66 bits per heavy atom. The first kappa shape index (κ1) is 23.7. The predicted octanol–water partition coefficient (Wildman–Crippen LogP) is -0.0598. The Hall–Kier alpha value is -3.00. The summed E-state index contributed by atoms with van der Waals surface area (Å²) in [6, 6.07) is 4.68. The summed E-state index contributed by atoms with van der Waals surface area (Å²) in [5.74, 6) is 0.986. The Morgan fingerprint density at radius 1 is 1.23 bits per heavy atom. The molecule has 2 aliphatic rings. The first-order valence-electron chi connectivity index (χ1n) is 11.1. The lowest BCUT2D eigenvalue weighted by molar-refractivity contribution is -0.917. The van der Waals surface area contributed by atoms with Crippen LogP contribution in [0.2, 0.25) is 0 Å². The largest absolute Gasteiger partial charge is 0.486 e. The standard InChI is InChI=1S/C22H24N4O7S2/c1-13-18-20(27)23-17(24-21(18)34-19(13)22(28)31-2)12-25-5-7-26(8-6-25)35(29,30)14-3-4-15-16(11-14)33-10-9-32-15/h3-4,11H,5-10,12H2,1-2H3,(H,23,24,27)/p+1. The van der Waals surface area contributed by atoms with Gasteiger partial charge in [0, 0.05) is 6.07 Å². The van der Waals surface area contributed by atoms with Gasteiger partial charge in [0.2, 0.25) is 10.0 Å². The maximum absolute atomic E-state index is 13.2. The molecule has 0 aliphatic carbocycles. The van der Waals surface area contributed by atoms with Gasteiger partial charge < -0.3 is 24.1 Å². The highest BCUT2D eigenvalue weighted by Gasteiger charge is 2.32. The molecule has 1 saturated heterocycles. The molecular formula is C22H25N4O7S2+. The van der Waals surface area contributed by atoms with Crippen LogP contribution in [0.3, 0.4) is 0 Å². The maximum Gasteiger partial charge on any atom is 0.348 e. The third-order valence-corrected chi connectivity index (χ3v) is 9.28. The third kappa shape index (κ3) is 4.40. The molecule has 2 aromatic heterocycles. The highest BCUT2D eigenvalue weighted by atomic mass is 32.2. The summed E-state index contributed by atoms with van der Waals surface area (Å²) >= 11 is 1.14. The molecule has 0 unspecified atom stereocenters. The van der Waals surface area contributed by atoms with Crippen LogP contribution in [-0.4, -0.2) is 75.2 Å². The number of hydrogen-bond donors (Lipinski definition) is 2. The second kappa shape index (κ2) is 9.22. The van der Waals surface area contributed by atoms with Crippen molar-refractivity contribution in [1.82, 2.24) is 14.3 Å². The van der Waals surface area contributed by atoms with E-state index in [1.807, 2.05) is 0 Å². The first-order chi connectivity index (χ1) is 16.8. The maximum atomic E-state index is 13.2. The minimum absolute atomic E-state index is 0.177. The van der Waals surface area contributed by atoms with Gasteiger partial charge in [0.25, 0.3) is 5.56 Å². The van der Waals surface area contributed by atoms with E-state index in [1.165, 1.54) is 23.5 Å². The lowest BCUT2D eigenvalue weighted by Crippen LogP contribution is -3.13. The van der Waals surface area contributed by atoms with E-state index in [1.54, 1.807) is 13.0 Å². The van der Waals surface area contributed by atoms with Gasteiger partial charge in [0.15, 0.2) is 17.3 Å². The molecule has 0 radical (unpaired) electrons. The molecule has 13 heteroatoms. The molecule has 2 aliphatic heterocycles. The number of benzene rings is 1. The average molecular weight is 522 g/mol. The Kier molecular flexibility index (Phi) is 6.25. The van der Waals surface area contributed by atoms with Crippen LogP contribution in [-0.2, 0) is 21.3 Å². The van der Waals surface area contributed by atoms with Crippen molar-refractivity contribution in [3.8, 4) is 11.5 Å². The molecule has 4 heterocycles. The van der Waals surface area contributed by atoms with Gasteiger partial charge in [-0.1, -0.05) is 0 Å². The number of aryl methyl sites for hydroxylation is 1. The van der Waals surface area contributed by atoms with Crippen LogP contribution in [0, 0.1) is 6.92 Å². The summed E-state index contributed by atoms with van der Waals surface area (Å²) in [6.07, 6.45) is 0. The van der Waals surface area contributed by atoms with Crippen molar-refractivity contribution in [3.05, 3.63) is 44.8 Å². The molecule has 0 saturated carbocycles. The summed E-state index contributed by atoms with van der Waals surface area (Å²) in [7, 11) is -2.37. The number of fused-ring (bicyclic) bond motifs is 2. The van der Waals surface area contributed by atoms with Crippen molar-refractivity contribution in [2.45, 2.75) is 18.4 Å². The highest BCUT2D eigenvalue weighted by molar-refractivity contribution is 7.89. The SMILES string of the molecule is COC(=O)c1sc2nc(C[NH+]3CCN(S(=O)(=O)c4ccc5c(c4)OCCO5)CC3)[nH]c(=O)c2c1C. The molecule has 0 amide bonds. The highest BCUT2D eigenvalue weighted by Crippen LogP contribution is 2.33. The van der Waals surface area contributed by atoms with E-state index in [2.05, 4.69) is 9.97 Å². The van der Waals surface area contributed by atoms with E-state index in [4.69, 9.17) is 14.2 Å². The van der Waals surface area contributed by atoms with Crippen molar-refractivity contribution in [1.29, 1.82) is 0 Å². The fourth-order valence-corrected chi connectivity index (χ4v) is 6.93. The number of methoxy groups -OCH3 is 1. The number of sulfonamides is 1. The lowest BCUT2D eigenvalue weighted by Gasteiger charge is -2.31. The van der Waals surface area contributed by atoms with Crippen molar-refractivity contribution < 1.29 is 32.3 Å². The minimum Gasteiger partial charge on any atom is -0.486 e. The minimum atomic E-state index is -3.67. The van der Waals surface area contributed by atoms with E-state index in [0.717, 1.165) is 16.2 Å². The summed E-state index contributed by atoms with van der Waals surface area (Å²) in [5, 5.41) is 0.393. The third-order valence-electron chi connectivity index (χ3n) is 6.22. The van der Waals surface area contributed by atoms with Gasteiger partial charge in [-0.25, -0.2) is 18.2 Å². The van der Waals surface area contributed by atoms with Crippen LogP contribution in [0.25, 0.3) is 10.2 Å². The van der Waals surface area contributed by atoms with Gasteiger partial charge in [-0.2, -0.15) is 4.31 Å². The zero-order valence-electron chi connectivity index (χ0n) is 19.3. The molecule has 5 rings (SSSR count). The van der Waals surface area contributed by atoms with Crippen molar-refractivity contribution >= 4 is 37.5 Å². The van der Waals surface area contributed by atoms with Crippen molar-refractivity contribution in [2.75, 3.05) is 46.5 Å². The summed E-state index contributed by atoms with van der Waals surface area (Å²) in [5.41, 5.74) is 0.260. The molecule has 35 heavy (non-hydrogen) atoms. The average Bonchev–Trinajstić information content (AvgIpc) is 3.20. The van der Waals surface area contributed by atoms with Crippen LogP contribution in [0.1, 0.15) is 21.1 Å². The number of nitrogens with zero attached hydrogens (tertiary/aromatic N) is 2. The van der Waals surface area contributed by atoms with E-state index >= 15 is 0 Å². The molecule has 2 N–H and O–H groups in total. The monoisotopic (exact) mass is 521 g/mol. The second-order valence-corrected chi connectivity index (χ2v) is 11.3. The number of esters is 1. The van der Waals surface area contributed by atoms with Gasteiger partial charge in [-0.3, -0.25) is 4.79 Å². The smallest absolute Gasteiger partial charge is 0.348 e. The number of piperazine rings is 1. The van der Waals surface area contributed by atoms with Crippen LogP contribution in [0.5, 0.6) is 11.5 Å². The molecule has 0 spiro atoms. The Labute approximate surface area is 205 Å². The number of nitrogens with one attached hydrogen (secondary N) is 2. The van der Waals surface area contributed by atoms with Crippen molar-refractivity contribution in [2.24, 2.45) is 0 Å². The molecule has 1 aromatic carbocycles. The number of aromatic nitrogens is 2. The Bertz CT molecular complexity index is 1460. The van der Waals surface area contributed by atoms with Crippen LogP contribution >= 0.6 is 11.3 Å². The van der Waals surface area contributed by atoms with Gasteiger partial charge in [-0.05, 0) is 24.6 Å². The normalized spacial score (nSPS) is 17.0. The number of rotatable bonds is 5. The van der Waals surface area contributed by atoms with Gasteiger partial charge in [-0.15, -0.1) is 11.3 Å². The van der Waals surface area contributed by atoms with E-state index < -0.39 is 16.0 Å². The number of thiophene rings is 1. The quantitative estimate of drug-likeness (QED) is 0.447. The topological polar surface area (TPSA) is 132 Å².